The topological polar surface area (TPSA) is 70.5 Å². The van der Waals surface area contributed by atoms with Crippen LogP contribution in [0.4, 0.5) is 13.2 Å². The molecule has 1 aliphatic rings. The molecule has 9 heteroatoms. The van der Waals surface area contributed by atoms with Crippen LogP contribution in [0.3, 0.4) is 0 Å². The van der Waals surface area contributed by atoms with Gasteiger partial charge in [0.15, 0.2) is 17.3 Å². The van der Waals surface area contributed by atoms with Crippen molar-refractivity contribution >= 4 is 23.2 Å². The molecule has 0 saturated carbocycles. The Morgan fingerprint density at radius 1 is 1.27 bits per heavy atom. The molecule has 1 amide bonds. The molecule has 0 radical (unpaired) electrons. The van der Waals surface area contributed by atoms with Crippen LogP contribution in [-0.2, 0) is 6.42 Å². The smallest absolute Gasteiger partial charge is 0.355 e. The van der Waals surface area contributed by atoms with Crippen LogP contribution < -0.4 is 0 Å². The fraction of sp³-hybridized carbons (Fsp3) is 0.353. The SMILES string of the molecule is O=C(O)c1csc(CC2CCCN(C(=O)c3c(F)ccc(F)c3F)C2)n1. The molecule has 5 nitrogen and oxygen atoms in total. The van der Waals surface area contributed by atoms with E-state index in [1.807, 2.05) is 0 Å². The monoisotopic (exact) mass is 384 g/mol. The second-order valence-corrected chi connectivity index (χ2v) is 7.06. The number of carbonyl (C=O) groups is 2. The summed E-state index contributed by atoms with van der Waals surface area (Å²) < 4.78 is 41.1. The molecule has 1 fully saturated rings. The number of amides is 1. The Morgan fingerprint density at radius 2 is 2.00 bits per heavy atom. The first-order chi connectivity index (χ1) is 12.4. The molecule has 1 saturated heterocycles. The van der Waals surface area contributed by atoms with Gasteiger partial charge in [0.2, 0.25) is 0 Å². The van der Waals surface area contributed by atoms with E-state index in [1.54, 1.807) is 0 Å². The van der Waals surface area contributed by atoms with Gasteiger partial charge in [-0.15, -0.1) is 11.3 Å². The van der Waals surface area contributed by atoms with E-state index in [0.717, 1.165) is 12.5 Å². The number of hydrogen-bond donors (Lipinski definition) is 1. The van der Waals surface area contributed by atoms with Gasteiger partial charge in [-0.25, -0.2) is 22.9 Å². The number of aromatic nitrogens is 1. The summed E-state index contributed by atoms with van der Waals surface area (Å²) in [4.78, 5) is 28.7. The summed E-state index contributed by atoms with van der Waals surface area (Å²) in [5.41, 5.74) is -0.911. The van der Waals surface area contributed by atoms with Crippen molar-refractivity contribution in [3.63, 3.8) is 0 Å². The average Bonchev–Trinajstić information content (AvgIpc) is 3.07. The van der Waals surface area contributed by atoms with Gasteiger partial charge in [0.1, 0.15) is 11.4 Å². The number of aromatic carboxylic acids is 1. The maximum absolute atomic E-state index is 13.9. The van der Waals surface area contributed by atoms with Crippen LogP contribution in [0.15, 0.2) is 17.5 Å². The molecule has 0 spiro atoms. The van der Waals surface area contributed by atoms with Crippen LogP contribution in [0.2, 0.25) is 0 Å². The molecule has 1 aromatic carbocycles. The number of hydrogen-bond acceptors (Lipinski definition) is 4. The molecule has 3 rings (SSSR count). The van der Waals surface area contributed by atoms with Gasteiger partial charge in [0, 0.05) is 24.9 Å². The number of halogens is 3. The van der Waals surface area contributed by atoms with Crippen LogP contribution in [0.1, 0.15) is 38.7 Å². The zero-order chi connectivity index (χ0) is 18.8. The van der Waals surface area contributed by atoms with Gasteiger partial charge in [-0.3, -0.25) is 4.79 Å². The fourth-order valence-electron chi connectivity index (χ4n) is 3.05. The molecule has 1 atom stereocenters. The Balaban J connectivity index is 1.73. The van der Waals surface area contributed by atoms with Gasteiger partial charge in [-0.1, -0.05) is 0 Å². The number of benzene rings is 1. The normalized spacial score (nSPS) is 17.3. The number of carboxylic acids is 1. The minimum atomic E-state index is -1.48. The largest absolute Gasteiger partial charge is 0.476 e. The van der Waals surface area contributed by atoms with E-state index < -0.39 is 34.9 Å². The third-order valence-electron chi connectivity index (χ3n) is 4.30. The Kier molecular flexibility index (Phi) is 5.26. The van der Waals surface area contributed by atoms with Crippen molar-refractivity contribution in [2.24, 2.45) is 5.92 Å². The predicted octanol–water partition coefficient (Wildman–Crippen LogP) is 3.35. The lowest BCUT2D eigenvalue weighted by Gasteiger charge is -2.32. The first-order valence-electron chi connectivity index (χ1n) is 7.97. The first-order valence-corrected chi connectivity index (χ1v) is 8.85. The van der Waals surface area contributed by atoms with Crippen LogP contribution in [0, 0.1) is 23.4 Å². The number of thiazole rings is 1. The minimum Gasteiger partial charge on any atom is -0.476 e. The van der Waals surface area contributed by atoms with Crippen molar-refractivity contribution in [3.05, 3.63) is 51.2 Å². The Hall–Kier alpha value is -2.42. The molecule has 138 valence electrons. The van der Waals surface area contributed by atoms with Crippen molar-refractivity contribution < 1.29 is 27.9 Å². The Morgan fingerprint density at radius 3 is 2.69 bits per heavy atom. The highest BCUT2D eigenvalue weighted by molar-refractivity contribution is 7.09. The van der Waals surface area contributed by atoms with Crippen LogP contribution in [0.25, 0.3) is 0 Å². The van der Waals surface area contributed by atoms with Crippen molar-refractivity contribution in [1.82, 2.24) is 9.88 Å². The lowest BCUT2D eigenvalue weighted by Crippen LogP contribution is -2.41. The summed E-state index contributed by atoms with van der Waals surface area (Å²) in [6.45, 7) is 0.569. The second kappa shape index (κ2) is 7.45. The summed E-state index contributed by atoms with van der Waals surface area (Å²) in [5.74, 6) is -5.85. The maximum Gasteiger partial charge on any atom is 0.355 e. The van der Waals surface area contributed by atoms with E-state index >= 15 is 0 Å². The molecule has 1 aliphatic heterocycles. The van der Waals surface area contributed by atoms with Crippen LogP contribution in [0.5, 0.6) is 0 Å². The fourth-order valence-corrected chi connectivity index (χ4v) is 3.93. The molecule has 2 aromatic rings. The third kappa shape index (κ3) is 3.72. The maximum atomic E-state index is 13.9. The molecule has 1 aromatic heterocycles. The standard InChI is InChI=1S/C17H15F3N2O3S/c18-10-3-4-11(19)15(20)14(10)16(23)22-5-1-2-9(7-22)6-13-21-12(8-26-13)17(24)25/h3-4,8-9H,1-2,5-7H2,(H,24,25). The number of rotatable bonds is 4. The van der Waals surface area contributed by atoms with Crippen molar-refractivity contribution in [2.45, 2.75) is 19.3 Å². The van der Waals surface area contributed by atoms with E-state index in [9.17, 15) is 22.8 Å². The highest BCUT2D eigenvalue weighted by Gasteiger charge is 2.30. The minimum absolute atomic E-state index is 0.0137. The van der Waals surface area contributed by atoms with Crippen LogP contribution in [-0.4, -0.2) is 40.0 Å². The lowest BCUT2D eigenvalue weighted by atomic mass is 9.94. The van der Waals surface area contributed by atoms with Crippen LogP contribution >= 0.6 is 11.3 Å². The first kappa shape index (κ1) is 18.4. The van der Waals surface area contributed by atoms with Gasteiger partial charge in [0.25, 0.3) is 5.91 Å². The number of nitrogens with zero attached hydrogens (tertiary/aromatic N) is 2. The molecule has 26 heavy (non-hydrogen) atoms. The molecule has 1 unspecified atom stereocenters. The molecular formula is C17H15F3N2O3S. The summed E-state index contributed by atoms with van der Waals surface area (Å²) in [6, 6.07) is 1.37. The lowest BCUT2D eigenvalue weighted by molar-refractivity contribution is 0.0661. The highest BCUT2D eigenvalue weighted by atomic mass is 32.1. The predicted molar refractivity (Wildman–Crippen MR) is 87.7 cm³/mol. The van der Waals surface area contributed by atoms with E-state index in [2.05, 4.69) is 4.98 Å². The number of carbonyl (C=O) groups excluding carboxylic acids is 1. The van der Waals surface area contributed by atoms with Gasteiger partial charge in [-0.05, 0) is 30.9 Å². The quantitative estimate of drug-likeness (QED) is 0.821. The molecule has 0 bridgehead atoms. The van der Waals surface area contributed by atoms with E-state index in [1.165, 1.54) is 21.6 Å². The van der Waals surface area contributed by atoms with Gasteiger partial charge in [-0.2, -0.15) is 0 Å². The Bertz CT molecular complexity index is 856. The zero-order valence-electron chi connectivity index (χ0n) is 13.5. The molecular weight excluding hydrogens is 369 g/mol. The number of piperidine rings is 1. The van der Waals surface area contributed by atoms with Gasteiger partial charge in [0.05, 0.1) is 5.01 Å². The third-order valence-corrected chi connectivity index (χ3v) is 5.17. The van der Waals surface area contributed by atoms with E-state index in [-0.39, 0.29) is 18.2 Å². The molecule has 1 N–H and O–H groups in total. The summed E-state index contributed by atoms with van der Waals surface area (Å²) in [7, 11) is 0. The summed E-state index contributed by atoms with van der Waals surface area (Å²) >= 11 is 1.22. The second-order valence-electron chi connectivity index (χ2n) is 6.11. The highest BCUT2D eigenvalue weighted by Crippen LogP contribution is 2.25. The summed E-state index contributed by atoms with van der Waals surface area (Å²) in [5, 5.41) is 11.0. The molecule has 2 heterocycles. The van der Waals surface area contributed by atoms with Crippen molar-refractivity contribution in [2.75, 3.05) is 13.1 Å². The molecule has 0 aliphatic carbocycles. The van der Waals surface area contributed by atoms with Gasteiger partial charge >= 0.3 is 5.97 Å². The van der Waals surface area contributed by atoms with Gasteiger partial charge < -0.3 is 10.0 Å². The zero-order valence-corrected chi connectivity index (χ0v) is 14.4. The summed E-state index contributed by atoms with van der Waals surface area (Å²) in [6.07, 6.45) is 1.88. The van der Waals surface area contributed by atoms with Crippen molar-refractivity contribution in [3.8, 4) is 0 Å². The number of carboxylic acid groups (broad SMARTS) is 1. The van der Waals surface area contributed by atoms with E-state index in [0.29, 0.717) is 30.5 Å². The average molecular weight is 384 g/mol. The number of likely N-dealkylation sites (tertiary alicyclic amines) is 1. The van der Waals surface area contributed by atoms with E-state index in [4.69, 9.17) is 5.11 Å². The van der Waals surface area contributed by atoms with Crippen molar-refractivity contribution in [1.29, 1.82) is 0 Å². The Labute approximate surface area is 151 Å².